The van der Waals surface area contributed by atoms with Crippen LogP contribution in [0.1, 0.15) is 51.0 Å². The van der Waals surface area contributed by atoms with E-state index in [2.05, 4.69) is 10.2 Å². The summed E-state index contributed by atoms with van der Waals surface area (Å²) in [5, 5.41) is 3.68. The predicted octanol–water partition coefficient (Wildman–Crippen LogP) is 4.07. The second-order valence-electron chi connectivity index (χ2n) is 8.33. The summed E-state index contributed by atoms with van der Waals surface area (Å²) >= 11 is 6.15. The van der Waals surface area contributed by atoms with Gasteiger partial charge < -0.3 is 15.0 Å². The van der Waals surface area contributed by atoms with Gasteiger partial charge in [-0.3, -0.25) is 9.69 Å². The van der Waals surface area contributed by atoms with E-state index in [9.17, 15) is 9.59 Å². The highest BCUT2D eigenvalue weighted by Gasteiger charge is 2.30. The Morgan fingerprint density at radius 1 is 1.17 bits per heavy atom. The molecule has 2 fully saturated rings. The third-order valence-electron chi connectivity index (χ3n) is 6.27. The highest BCUT2D eigenvalue weighted by molar-refractivity contribution is 6.31. The number of rotatable bonds is 7. The van der Waals surface area contributed by atoms with Gasteiger partial charge in [0.1, 0.15) is 0 Å². The molecule has 7 heteroatoms. The Kier molecular flexibility index (Phi) is 8.82. The quantitative estimate of drug-likeness (QED) is 0.701. The minimum Gasteiger partial charge on any atom is -0.450 e. The second kappa shape index (κ2) is 11.6. The molecule has 1 N–H and O–H groups in total. The summed E-state index contributed by atoms with van der Waals surface area (Å²) in [7, 11) is 0. The lowest BCUT2D eigenvalue weighted by atomic mass is 9.90. The number of carbonyl (C=O) groups excluding carboxylic acids is 2. The molecule has 0 saturated carbocycles. The molecule has 1 atom stereocenters. The Bertz CT molecular complexity index is 707. The number of ether oxygens (including phenoxy) is 1. The molecule has 1 aromatic rings. The van der Waals surface area contributed by atoms with Gasteiger partial charge in [0.2, 0.25) is 5.91 Å². The van der Waals surface area contributed by atoms with Crippen LogP contribution in [0.25, 0.3) is 0 Å². The van der Waals surface area contributed by atoms with Crippen molar-refractivity contribution in [2.45, 2.75) is 58.0 Å². The zero-order valence-electron chi connectivity index (χ0n) is 17.9. The zero-order chi connectivity index (χ0) is 21.3. The largest absolute Gasteiger partial charge is 0.450 e. The Balaban J connectivity index is 1.37. The maximum atomic E-state index is 12.3. The molecule has 0 radical (unpaired) electrons. The van der Waals surface area contributed by atoms with E-state index in [1.165, 1.54) is 12.8 Å². The van der Waals surface area contributed by atoms with E-state index in [-0.39, 0.29) is 12.0 Å². The first-order valence-electron chi connectivity index (χ1n) is 11.2. The fourth-order valence-electron chi connectivity index (χ4n) is 4.55. The molecule has 1 aromatic carbocycles. The number of benzene rings is 1. The molecular weight excluding hydrogens is 402 g/mol. The molecular formula is C23H34ClN3O3. The van der Waals surface area contributed by atoms with Gasteiger partial charge in [0.25, 0.3) is 0 Å². The van der Waals surface area contributed by atoms with E-state index in [4.69, 9.17) is 16.3 Å². The van der Waals surface area contributed by atoms with Gasteiger partial charge in [0.15, 0.2) is 0 Å². The molecule has 1 unspecified atom stereocenters. The summed E-state index contributed by atoms with van der Waals surface area (Å²) in [5.41, 5.74) is 0.950. The van der Waals surface area contributed by atoms with Crippen LogP contribution in [-0.2, 0) is 16.1 Å². The molecule has 6 nitrogen and oxygen atoms in total. The molecule has 2 saturated heterocycles. The fourth-order valence-corrected chi connectivity index (χ4v) is 4.75. The molecule has 0 bridgehead atoms. The first kappa shape index (κ1) is 22.9. The summed E-state index contributed by atoms with van der Waals surface area (Å²) in [4.78, 5) is 28.6. The van der Waals surface area contributed by atoms with Crippen LogP contribution in [0, 0.1) is 5.92 Å². The zero-order valence-corrected chi connectivity index (χ0v) is 18.7. The van der Waals surface area contributed by atoms with Crippen LogP contribution in [0.2, 0.25) is 5.02 Å². The minimum absolute atomic E-state index is 0.0924. The van der Waals surface area contributed by atoms with Crippen LogP contribution in [0.3, 0.4) is 0 Å². The number of amides is 2. The van der Waals surface area contributed by atoms with Crippen LogP contribution < -0.4 is 5.32 Å². The molecule has 2 aliphatic heterocycles. The van der Waals surface area contributed by atoms with Gasteiger partial charge in [-0.15, -0.1) is 0 Å². The van der Waals surface area contributed by atoms with Crippen molar-refractivity contribution in [2.24, 2.45) is 5.92 Å². The van der Waals surface area contributed by atoms with E-state index in [0.29, 0.717) is 36.6 Å². The van der Waals surface area contributed by atoms with Crippen molar-refractivity contribution < 1.29 is 14.3 Å². The summed E-state index contributed by atoms with van der Waals surface area (Å²) in [6, 6.07) is 8.14. The van der Waals surface area contributed by atoms with Crippen LogP contribution in [-0.4, -0.2) is 60.6 Å². The molecule has 166 valence electrons. The molecule has 2 amide bonds. The normalized spacial score (nSPS) is 20.7. The number of hydrogen-bond donors (Lipinski definition) is 1. The van der Waals surface area contributed by atoms with E-state index in [0.717, 1.165) is 51.0 Å². The standard InChI is InChI=1S/C23H34ClN3O3/c1-2-30-23(29)26-14-11-20(12-15-26)27-13-5-6-18(17-27)9-10-22(28)25-16-19-7-3-4-8-21(19)24/h3-4,7-8,18,20H,2,5-6,9-17H2,1H3,(H,25,28). The first-order valence-corrected chi connectivity index (χ1v) is 11.6. The lowest BCUT2D eigenvalue weighted by Gasteiger charge is -2.42. The van der Waals surface area contributed by atoms with Crippen molar-refractivity contribution in [3.8, 4) is 0 Å². The van der Waals surface area contributed by atoms with Gasteiger partial charge in [-0.05, 0) is 63.1 Å². The van der Waals surface area contributed by atoms with Gasteiger partial charge in [-0.1, -0.05) is 29.8 Å². The fraction of sp³-hybridized carbons (Fsp3) is 0.652. The summed E-state index contributed by atoms with van der Waals surface area (Å²) < 4.78 is 5.12. The Hall–Kier alpha value is -1.79. The van der Waals surface area contributed by atoms with E-state index in [1.807, 2.05) is 36.1 Å². The van der Waals surface area contributed by atoms with Crippen LogP contribution in [0.5, 0.6) is 0 Å². The Morgan fingerprint density at radius 3 is 2.67 bits per heavy atom. The SMILES string of the molecule is CCOC(=O)N1CCC(N2CCCC(CCC(=O)NCc3ccccc3Cl)C2)CC1. The monoisotopic (exact) mass is 435 g/mol. The van der Waals surface area contributed by atoms with Gasteiger partial charge in [0, 0.05) is 43.7 Å². The lowest BCUT2D eigenvalue weighted by molar-refractivity contribution is -0.121. The van der Waals surface area contributed by atoms with E-state index >= 15 is 0 Å². The van der Waals surface area contributed by atoms with Gasteiger partial charge in [-0.25, -0.2) is 4.79 Å². The first-order chi connectivity index (χ1) is 14.6. The highest BCUT2D eigenvalue weighted by atomic mass is 35.5. The van der Waals surface area contributed by atoms with Crippen molar-refractivity contribution in [3.05, 3.63) is 34.9 Å². The minimum atomic E-state index is -0.185. The topological polar surface area (TPSA) is 61.9 Å². The summed E-state index contributed by atoms with van der Waals surface area (Å²) in [6.07, 6.45) is 5.68. The average molecular weight is 436 g/mol. The molecule has 3 rings (SSSR count). The van der Waals surface area contributed by atoms with Crippen molar-refractivity contribution in [1.82, 2.24) is 15.1 Å². The summed E-state index contributed by atoms with van der Waals surface area (Å²) in [5.74, 6) is 0.655. The van der Waals surface area contributed by atoms with Crippen molar-refractivity contribution in [1.29, 1.82) is 0 Å². The van der Waals surface area contributed by atoms with Crippen LogP contribution in [0.15, 0.2) is 24.3 Å². The maximum absolute atomic E-state index is 12.3. The number of nitrogens with one attached hydrogen (secondary N) is 1. The van der Waals surface area contributed by atoms with Gasteiger partial charge in [-0.2, -0.15) is 0 Å². The van der Waals surface area contributed by atoms with Crippen molar-refractivity contribution in [3.63, 3.8) is 0 Å². The second-order valence-corrected chi connectivity index (χ2v) is 8.73. The number of carbonyl (C=O) groups is 2. The smallest absolute Gasteiger partial charge is 0.409 e. The average Bonchev–Trinajstić information content (AvgIpc) is 2.77. The number of nitrogens with zero attached hydrogens (tertiary/aromatic N) is 2. The predicted molar refractivity (Wildman–Crippen MR) is 118 cm³/mol. The number of hydrogen-bond acceptors (Lipinski definition) is 4. The number of piperidine rings is 2. The lowest BCUT2D eigenvalue weighted by Crippen LogP contribution is -2.49. The molecule has 0 aromatic heterocycles. The number of likely N-dealkylation sites (tertiary alicyclic amines) is 2. The summed E-state index contributed by atoms with van der Waals surface area (Å²) in [6.45, 7) is 6.48. The third-order valence-corrected chi connectivity index (χ3v) is 6.64. The number of halogens is 1. The molecule has 0 spiro atoms. The molecule has 2 heterocycles. The van der Waals surface area contributed by atoms with Gasteiger partial charge >= 0.3 is 6.09 Å². The Labute approximate surface area is 184 Å². The molecule has 2 aliphatic rings. The van der Waals surface area contributed by atoms with Crippen LogP contribution in [0.4, 0.5) is 4.79 Å². The van der Waals surface area contributed by atoms with Crippen molar-refractivity contribution in [2.75, 3.05) is 32.8 Å². The van der Waals surface area contributed by atoms with Gasteiger partial charge in [0.05, 0.1) is 6.61 Å². The van der Waals surface area contributed by atoms with E-state index < -0.39 is 0 Å². The molecule has 30 heavy (non-hydrogen) atoms. The van der Waals surface area contributed by atoms with E-state index in [1.54, 1.807) is 0 Å². The molecule has 0 aliphatic carbocycles. The Morgan fingerprint density at radius 2 is 1.93 bits per heavy atom. The van der Waals surface area contributed by atoms with Crippen molar-refractivity contribution >= 4 is 23.6 Å². The third kappa shape index (κ3) is 6.61. The van der Waals surface area contributed by atoms with Crippen LogP contribution >= 0.6 is 11.6 Å². The maximum Gasteiger partial charge on any atom is 0.409 e. The highest BCUT2D eigenvalue weighted by Crippen LogP contribution is 2.26.